The highest BCUT2D eigenvalue weighted by molar-refractivity contribution is 5.93. The molecule has 6 nitrogen and oxygen atoms in total. The van der Waals surface area contributed by atoms with Crippen LogP contribution in [0.2, 0.25) is 0 Å². The lowest BCUT2D eigenvalue weighted by molar-refractivity contribution is -0.0493. The number of ether oxygens (including phenoxy) is 1. The molecule has 1 amide bonds. The molecule has 2 heterocycles. The fraction of sp³-hybridized carbons (Fsp3) is 0.600. The third-order valence-corrected chi connectivity index (χ3v) is 7.52. The lowest BCUT2D eigenvalue weighted by atomic mass is 9.77. The molecule has 5 rings (SSSR count). The number of amides is 1. The number of rotatable bonds is 6. The predicted octanol–water partition coefficient (Wildman–Crippen LogP) is 3.29. The molecule has 3 fully saturated rings. The molecular weight excluding hydrogens is 388 g/mol. The highest BCUT2D eigenvalue weighted by Crippen LogP contribution is 2.40. The van der Waals surface area contributed by atoms with Crippen LogP contribution in [-0.2, 0) is 11.8 Å². The summed E-state index contributed by atoms with van der Waals surface area (Å²) in [6.45, 7) is 2.58. The van der Waals surface area contributed by atoms with Crippen LogP contribution in [0.3, 0.4) is 0 Å². The van der Waals surface area contributed by atoms with Gasteiger partial charge < -0.3 is 19.1 Å². The Kier molecular flexibility index (Phi) is 5.61. The number of hydrogen-bond acceptors (Lipinski definition) is 4. The van der Waals surface area contributed by atoms with Crippen LogP contribution in [0.15, 0.2) is 36.5 Å². The fourth-order valence-electron chi connectivity index (χ4n) is 5.45. The average Bonchev–Trinajstić information content (AvgIpc) is 3.38. The van der Waals surface area contributed by atoms with Crippen LogP contribution in [-0.4, -0.2) is 71.2 Å². The van der Waals surface area contributed by atoms with E-state index in [0.717, 1.165) is 49.8 Å². The van der Waals surface area contributed by atoms with E-state index in [1.807, 2.05) is 41.9 Å². The van der Waals surface area contributed by atoms with Crippen LogP contribution in [0.5, 0.6) is 0 Å². The summed E-state index contributed by atoms with van der Waals surface area (Å²) in [5.41, 5.74) is 1.70. The first kappa shape index (κ1) is 20.7. The number of nitrogens with zero attached hydrogens (tertiary/aromatic N) is 4. The standard InChI is InChI=1S/C25H34N4O2/c1-27(2)21-11-19-14-29(15-20(19)12-23(21)31-16-17-9-10-17)25(30)22-13-26-24(28(22)3)18-7-5-4-6-8-18/h4-8,13,17,19-21,23H,9-12,14-16H2,1-3H3/t19-,20+,21-,23-/m1/s1. The third kappa shape index (κ3) is 4.15. The summed E-state index contributed by atoms with van der Waals surface area (Å²) in [5, 5.41) is 0. The summed E-state index contributed by atoms with van der Waals surface area (Å²) < 4.78 is 8.32. The Morgan fingerprint density at radius 1 is 1.13 bits per heavy atom. The Hall–Kier alpha value is -2.18. The molecule has 0 spiro atoms. The summed E-state index contributed by atoms with van der Waals surface area (Å²) in [6.07, 6.45) is 6.83. The number of carbonyl (C=O) groups is 1. The molecule has 1 saturated heterocycles. The maximum atomic E-state index is 13.4. The highest BCUT2D eigenvalue weighted by atomic mass is 16.5. The van der Waals surface area contributed by atoms with Crippen LogP contribution in [0.25, 0.3) is 11.4 Å². The van der Waals surface area contributed by atoms with Crippen molar-refractivity contribution in [2.24, 2.45) is 24.8 Å². The van der Waals surface area contributed by atoms with Crippen molar-refractivity contribution in [3.05, 3.63) is 42.2 Å². The molecule has 0 unspecified atom stereocenters. The second-order valence-electron chi connectivity index (χ2n) is 9.94. The number of benzene rings is 1. The molecule has 2 saturated carbocycles. The van der Waals surface area contributed by atoms with Gasteiger partial charge in [0.05, 0.1) is 12.3 Å². The van der Waals surface area contributed by atoms with Gasteiger partial charge in [0.25, 0.3) is 5.91 Å². The Morgan fingerprint density at radius 2 is 1.84 bits per heavy atom. The normalized spacial score (nSPS) is 28.2. The Bertz CT molecular complexity index is 921. The summed E-state index contributed by atoms with van der Waals surface area (Å²) in [7, 11) is 6.27. The van der Waals surface area contributed by atoms with Gasteiger partial charge in [-0.1, -0.05) is 30.3 Å². The van der Waals surface area contributed by atoms with Gasteiger partial charge >= 0.3 is 0 Å². The van der Waals surface area contributed by atoms with E-state index < -0.39 is 0 Å². The minimum Gasteiger partial charge on any atom is -0.376 e. The van der Waals surface area contributed by atoms with Crippen LogP contribution in [0, 0.1) is 17.8 Å². The quantitative estimate of drug-likeness (QED) is 0.717. The van der Waals surface area contributed by atoms with Crippen LogP contribution in [0.4, 0.5) is 0 Å². The van der Waals surface area contributed by atoms with Crippen LogP contribution < -0.4 is 0 Å². The summed E-state index contributed by atoms with van der Waals surface area (Å²) in [6, 6.07) is 10.5. The molecule has 1 aromatic carbocycles. The smallest absolute Gasteiger partial charge is 0.272 e. The van der Waals surface area contributed by atoms with Crippen molar-refractivity contribution in [1.29, 1.82) is 0 Å². The number of imidazole rings is 1. The van der Waals surface area contributed by atoms with E-state index in [-0.39, 0.29) is 12.0 Å². The molecule has 1 aromatic heterocycles. The average molecular weight is 423 g/mol. The highest BCUT2D eigenvalue weighted by Gasteiger charge is 2.45. The molecule has 0 bridgehead atoms. The monoisotopic (exact) mass is 422 g/mol. The minimum absolute atomic E-state index is 0.100. The number of carbonyl (C=O) groups excluding carboxylic acids is 1. The van der Waals surface area contributed by atoms with Crippen LogP contribution >= 0.6 is 0 Å². The lowest BCUT2D eigenvalue weighted by Crippen LogP contribution is -2.48. The fourth-order valence-corrected chi connectivity index (χ4v) is 5.45. The van der Waals surface area contributed by atoms with Crippen LogP contribution in [0.1, 0.15) is 36.2 Å². The molecule has 1 aliphatic heterocycles. The van der Waals surface area contributed by atoms with Crippen molar-refractivity contribution in [1.82, 2.24) is 19.4 Å². The van der Waals surface area contributed by atoms with E-state index in [2.05, 4.69) is 28.9 Å². The first-order chi connectivity index (χ1) is 15.0. The van der Waals surface area contributed by atoms with E-state index in [0.29, 0.717) is 23.6 Å². The first-order valence-corrected chi connectivity index (χ1v) is 11.7. The number of likely N-dealkylation sites (tertiary alicyclic amines) is 1. The molecule has 2 aromatic rings. The van der Waals surface area contributed by atoms with Gasteiger partial charge in [0.2, 0.25) is 0 Å². The maximum absolute atomic E-state index is 13.4. The Balaban J connectivity index is 1.29. The molecule has 166 valence electrons. The van der Waals surface area contributed by atoms with E-state index in [4.69, 9.17) is 4.74 Å². The van der Waals surface area contributed by atoms with Crippen molar-refractivity contribution in [2.75, 3.05) is 33.8 Å². The van der Waals surface area contributed by atoms with Gasteiger partial charge in [-0.25, -0.2) is 4.98 Å². The van der Waals surface area contributed by atoms with Gasteiger partial charge in [-0.3, -0.25) is 4.79 Å². The van der Waals surface area contributed by atoms with Gasteiger partial charge in [0.15, 0.2) is 0 Å². The Morgan fingerprint density at radius 3 is 2.52 bits per heavy atom. The van der Waals surface area contributed by atoms with Crippen molar-refractivity contribution in [3.8, 4) is 11.4 Å². The predicted molar refractivity (Wildman–Crippen MR) is 121 cm³/mol. The van der Waals surface area contributed by atoms with Gasteiger partial charge in [-0.15, -0.1) is 0 Å². The number of fused-ring (bicyclic) bond motifs is 1. The molecule has 6 heteroatoms. The number of aromatic nitrogens is 2. The SMILES string of the molecule is CN(C)[C@@H]1C[C@@H]2CN(C(=O)c3cnc(-c4ccccc4)n3C)C[C@@H]2C[C@H]1OCC1CC1. The molecule has 3 aliphatic rings. The van der Waals surface area contributed by atoms with Crippen molar-refractivity contribution >= 4 is 5.91 Å². The molecule has 0 N–H and O–H groups in total. The molecule has 0 radical (unpaired) electrons. The number of likely N-dealkylation sites (N-methyl/N-ethyl adjacent to an activating group) is 1. The van der Waals surface area contributed by atoms with E-state index in [9.17, 15) is 4.79 Å². The van der Waals surface area contributed by atoms with Gasteiger partial charge in [0, 0.05) is 38.3 Å². The van der Waals surface area contributed by atoms with Gasteiger partial charge in [0.1, 0.15) is 11.5 Å². The number of hydrogen-bond donors (Lipinski definition) is 0. The second-order valence-corrected chi connectivity index (χ2v) is 9.94. The maximum Gasteiger partial charge on any atom is 0.272 e. The summed E-state index contributed by atoms with van der Waals surface area (Å²) in [5.74, 6) is 2.81. The zero-order valence-corrected chi connectivity index (χ0v) is 18.9. The van der Waals surface area contributed by atoms with Gasteiger partial charge in [-0.2, -0.15) is 0 Å². The molecule has 4 atom stereocenters. The second kappa shape index (κ2) is 8.40. The van der Waals surface area contributed by atoms with Crippen molar-refractivity contribution in [2.45, 2.75) is 37.8 Å². The zero-order valence-electron chi connectivity index (χ0n) is 18.9. The van der Waals surface area contributed by atoms with Crippen molar-refractivity contribution < 1.29 is 9.53 Å². The minimum atomic E-state index is 0.100. The van der Waals surface area contributed by atoms with Gasteiger partial charge in [-0.05, 0) is 57.5 Å². The lowest BCUT2D eigenvalue weighted by Gasteiger charge is -2.41. The topological polar surface area (TPSA) is 50.6 Å². The summed E-state index contributed by atoms with van der Waals surface area (Å²) >= 11 is 0. The molecule has 2 aliphatic carbocycles. The van der Waals surface area contributed by atoms with E-state index in [1.165, 1.54) is 12.8 Å². The third-order valence-electron chi connectivity index (χ3n) is 7.52. The zero-order chi connectivity index (χ0) is 21.5. The Labute approximate surface area is 185 Å². The largest absolute Gasteiger partial charge is 0.376 e. The van der Waals surface area contributed by atoms with Crippen molar-refractivity contribution in [3.63, 3.8) is 0 Å². The molecule has 31 heavy (non-hydrogen) atoms. The molecular formula is C25H34N4O2. The van der Waals surface area contributed by atoms with E-state index in [1.54, 1.807) is 6.20 Å². The van der Waals surface area contributed by atoms with E-state index >= 15 is 0 Å². The first-order valence-electron chi connectivity index (χ1n) is 11.7. The summed E-state index contributed by atoms with van der Waals surface area (Å²) in [4.78, 5) is 22.3.